The van der Waals surface area contributed by atoms with Crippen molar-refractivity contribution in [2.75, 3.05) is 19.6 Å². The number of alkyl carbamates (subject to hydrolysis) is 1. The van der Waals surface area contributed by atoms with Crippen LogP contribution in [0, 0.1) is 5.92 Å². The van der Waals surface area contributed by atoms with Gasteiger partial charge in [0, 0.05) is 25.8 Å². The number of aliphatic carboxylic acids is 3. The molecule has 8 unspecified atom stereocenters. The van der Waals surface area contributed by atoms with Crippen molar-refractivity contribution in [3.63, 3.8) is 0 Å². The highest BCUT2D eigenvalue weighted by Gasteiger charge is 2.36. The molecule has 1 rings (SSSR count). The van der Waals surface area contributed by atoms with Crippen molar-refractivity contribution in [3.05, 3.63) is 35.9 Å². The molecule has 23 N–H and O–H groups in total. The van der Waals surface area contributed by atoms with E-state index in [2.05, 4.69) is 47.5 Å². The van der Waals surface area contributed by atoms with Gasteiger partial charge in [-0.25, -0.2) is 9.59 Å². The Balaban J connectivity index is 3.62. The lowest BCUT2D eigenvalue weighted by Crippen LogP contribution is -2.60. The van der Waals surface area contributed by atoms with Crippen LogP contribution in [0.15, 0.2) is 35.3 Å². The molecule has 83 heavy (non-hydrogen) atoms. The number of aliphatic imine (C=N–C) groups is 1. The van der Waals surface area contributed by atoms with Crippen molar-refractivity contribution in [1.82, 2.24) is 42.5 Å². The van der Waals surface area contributed by atoms with E-state index in [-0.39, 0.29) is 89.5 Å². The molecule has 1 aromatic carbocycles. The standard InChI is InChI=1S/C51H83N15O17/c1-28(2)25-36(66-51(82)83-27-29-11-4-3-5-12-29)47(78)63-32(16-19-38(54)67)44(75)62-34(18-21-41(71)72)45(76)59-30(13-6-8-22-52)42(73)61-33(17-20-40(69)70)46(77)60-31(15-10-24-58-50(56)57)43(74)65-37(26-39(55)68)48(79)64-35(49(80)81)14-7-9-23-53/h3-5,11-12,28,30-37H,6-10,13-27,52-53H2,1-2H3,(H2,54,67)(H2,55,68)(H,59,76)(H,60,77)(H,61,73)(H,62,75)(H,63,78)(H,64,79)(H,65,74)(H,66,82)(H,69,70)(H,71,72)(H,80,81)(H4,56,57,58). The number of guanidine groups is 1. The zero-order valence-corrected chi connectivity index (χ0v) is 46.7. The molecule has 464 valence electrons. The molecule has 0 aromatic heterocycles. The highest BCUT2D eigenvalue weighted by Crippen LogP contribution is 2.12. The van der Waals surface area contributed by atoms with Gasteiger partial charge >= 0.3 is 24.0 Å². The van der Waals surface area contributed by atoms with Crippen LogP contribution in [0.4, 0.5) is 4.79 Å². The van der Waals surface area contributed by atoms with Crippen LogP contribution in [0.1, 0.15) is 122 Å². The second-order valence-electron chi connectivity index (χ2n) is 19.7. The second kappa shape index (κ2) is 39.7. The zero-order chi connectivity index (χ0) is 62.6. The first kappa shape index (κ1) is 72.3. The fourth-order valence-corrected chi connectivity index (χ4v) is 7.84. The molecular weight excluding hydrogens is 1090 g/mol. The van der Waals surface area contributed by atoms with Crippen LogP contribution in [0.5, 0.6) is 0 Å². The minimum Gasteiger partial charge on any atom is -0.481 e. The van der Waals surface area contributed by atoms with Gasteiger partial charge in [-0.15, -0.1) is 0 Å². The zero-order valence-electron chi connectivity index (χ0n) is 46.7. The fourth-order valence-electron chi connectivity index (χ4n) is 7.84. The lowest BCUT2D eigenvalue weighted by Gasteiger charge is -2.28. The molecule has 0 spiro atoms. The van der Waals surface area contributed by atoms with Gasteiger partial charge in [-0.1, -0.05) is 44.2 Å². The van der Waals surface area contributed by atoms with Crippen LogP contribution < -0.4 is 76.9 Å². The molecule has 1 aromatic rings. The first-order chi connectivity index (χ1) is 39.2. The van der Waals surface area contributed by atoms with Gasteiger partial charge < -0.3 is 97.0 Å². The molecule has 0 aliphatic rings. The fraction of sp³-hybridized carbons (Fsp3) is 0.608. The number of nitrogens with zero attached hydrogens (tertiary/aromatic N) is 1. The number of carboxylic acids is 3. The molecular formula is C51H83N15O17. The Hall–Kier alpha value is -8.68. The summed E-state index contributed by atoms with van der Waals surface area (Å²) in [7, 11) is 0. The summed E-state index contributed by atoms with van der Waals surface area (Å²) in [4.78, 5) is 174. The smallest absolute Gasteiger partial charge is 0.408 e. The monoisotopic (exact) mass is 1180 g/mol. The maximum absolute atomic E-state index is 14.2. The van der Waals surface area contributed by atoms with Crippen molar-refractivity contribution in [1.29, 1.82) is 0 Å². The van der Waals surface area contributed by atoms with E-state index in [9.17, 15) is 77.6 Å². The van der Waals surface area contributed by atoms with E-state index in [4.69, 9.17) is 39.1 Å². The maximum atomic E-state index is 14.2. The first-order valence-corrected chi connectivity index (χ1v) is 27.0. The lowest BCUT2D eigenvalue weighted by molar-refractivity contribution is -0.143. The Kier molecular flexibility index (Phi) is 34.6. The topological polar surface area (TPSA) is 557 Å². The number of benzene rings is 1. The Morgan fingerprint density at radius 3 is 1.25 bits per heavy atom. The number of nitrogens with one attached hydrogen (secondary N) is 8. The van der Waals surface area contributed by atoms with Gasteiger partial charge in [0.2, 0.25) is 53.2 Å². The third-order valence-corrected chi connectivity index (χ3v) is 12.2. The molecule has 0 aliphatic carbocycles. The van der Waals surface area contributed by atoms with Gasteiger partial charge in [-0.3, -0.25) is 57.7 Å². The molecule has 0 bridgehead atoms. The highest BCUT2D eigenvalue weighted by molar-refractivity contribution is 5.99. The summed E-state index contributed by atoms with van der Waals surface area (Å²) in [6, 6.07) is -4.40. The van der Waals surface area contributed by atoms with Gasteiger partial charge in [0.05, 0.1) is 6.42 Å². The van der Waals surface area contributed by atoms with E-state index < -0.39 is 170 Å². The van der Waals surface area contributed by atoms with Crippen molar-refractivity contribution in [2.45, 2.75) is 172 Å². The average molecular weight is 1180 g/mol. The van der Waals surface area contributed by atoms with Crippen molar-refractivity contribution < 1.29 is 82.4 Å². The third kappa shape index (κ3) is 31.8. The molecule has 8 atom stereocenters. The Morgan fingerprint density at radius 2 is 0.855 bits per heavy atom. The summed E-state index contributed by atoms with van der Waals surface area (Å²) < 4.78 is 5.27. The number of carbonyl (C=O) groups is 13. The molecule has 0 heterocycles. The normalized spacial score (nSPS) is 13.7. The quantitative estimate of drug-likeness (QED) is 0.0168. The van der Waals surface area contributed by atoms with Crippen molar-refractivity contribution >= 4 is 83.1 Å². The van der Waals surface area contributed by atoms with Gasteiger partial charge in [-0.2, -0.15) is 0 Å². The summed E-state index contributed by atoms with van der Waals surface area (Å²) in [6.07, 6.45) is -4.95. The molecule has 10 amide bonds. The second-order valence-corrected chi connectivity index (χ2v) is 19.7. The highest BCUT2D eigenvalue weighted by atomic mass is 16.5. The van der Waals surface area contributed by atoms with E-state index >= 15 is 0 Å². The van der Waals surface area contributed by atoms with Crippen LogP contribution in [0.2, 0.25) is 0 Å². The van der Waals surface area contributed by atoms with Gasteiger partial charge in [0.1, 0.15) is 54.9 Å². The predicted molar refractivity (Wildman–Crippen MR) is 296 cm³/mol. The predicted octanol–water partition coefficient (Wildman–Crippen LogP) is -4.01. The largest absolute Gasteiger partial charge is 0.481 e. The van der Waals surface area contributed by atoms with E-state index in [1.807, 2.05) is 0 Å². The SMILES string of the molecule is CC(C)CC(NC(=O)OCc1ccccc1)C(=O)NC(CCC(N)=O)C(=O)NC(CCC(=O)O)C(=O)NC(CCCCN)C(=O)NC(CCC(=O)O)C(=O)NC(CCCN=C(N)N)C(=O)NC(CC(N)=O)C(=O)NC(CCCCN)C(=O)O. The van der Waals surface area contributed by atoms with Crippen LogP contribution in [0.3, 0.4) is 0 Å². The number of carbonyl (C=O) groups excluding carboxylic acids is 10. The van der Waals surface area contributed by atoms with E-state index in [1.165, 1.54) is 0 Å². The van der Waals surface area contributed by atoms with Crippen LogP contribution in [-0.2, 0) is 68.9 Å². The first-order valence-electron chi connectivity index (χ1n) is 27.0. The Morgan fingerprint density at radius 1 is 0.470 bits per heavy atom. The summed E-state index contributed by atoms with van der Waals surface area (Å²) in [5, 5.41) is 48.0. The maximum Gasteiger partial charge on any atom is 0.408 e. The number of nitrogens with two attached hydrogens (primary N) is 6. The molecule has 0 aliphatic heterocycles. The van der Waals surface area contributed by atoms with Crippen molar-refractivity contribution in [3.8, 4) is 0 Å². The molecule has 32 heteroatoms. The van der Waals surface area contributed by atoms with E-state index in [1.54, 1.807) is 44.2 Å². The Labute approximate surface area is 479 Å². The number of hydrogen-bond donors (Lipinski definition) is 17. The van der Waals surface area contributed by atoms with Gasteiger partial charge in [0.15, 0.2) is 5.96 Å². The Bertz CT molecular complexity index is 2380. The van der Waals surface area contributed by atoms with Crippen LogP contribution in [-0.4, -0.2) is 166 Å². The number of amides is 10. The van der Waals surface area contributed by atoms with E-state index in [0.29, 0.717) is 12.0 Å². The summed E-state index contributed by atoms with van der Waals surface area (Å²) >= 11 is 0. The average Bonchev–Trinajstić information content (AvgIpc) is 3.47. The van der Waals surface area contributed by atoms with E-state index in [0.717, 1.165) is 0 Å². The number of rotatable bonds is 43. The van der Waals surface area contributed by atoms with Crippen LogP contribution >= 0.6 is 0 Å². The lowest BCUT2D eigenvalue weighted by atomic mass is 10.0. The van der Waals surface area contributed by atoms with Crippen molar-refractivity contribution in [2.24, 2.45) is 45.3 Å². The molecule has 32 nitrogen and oxygen atoms in total. The molecule has 0 radical (unpaired) electrons. The molecule has 0 saturated heterocycles. The summed E-state index contributed by atoms with van der Waals surface area (Å²) in [5.41, 5.74) is 33.5. The number of primary amides is 2. The van der Waals surface area contributed by atoms with Crippen LogP contribution in [0.25, 0.3) is 0 Å². The van der Waals surface area contributed by atoms with Gasteiger partial charge in [0.25, 0.3) is 0 Å². The number of carboxylic acid groups (broad SMARTS) is 3. The molecule has 0 saturated carbocycles. The number of unbranched alkanes of at least 4 members (excludes halogenated alkanes) is 2. The third-order valence-electron chi connectivity index (χ3n) is 12.2. The minimum absolute atomic E-state index is 0.0354. The summed E-state index contributed by atoms with van der Waals surface area (Å²) in [6.45, 7) is 3.58. The minimum atomic E-state index is -1.80. The summed E-state index contributed by atoms with van der Waals surface area (Å²) in [5.74, 6) is -14.5. The number of hydrogen-bond acceptors (Lipinski definition) is 17. The molecule has 0 fully saturated rings. The van der Waals surface area contributed by atoms with Gasteiger partial charge in [-0.05, 0) is 102 Å². The number of ether oxygens (including phenoxy) is 1.